The molecule has 1 N–H and O–H groups in total. The summed E-state index contributed by atoms with van der Waals surface area (Å²) in [7, 11) is -3.39. The average Bonchev–Trinajstić information content (AvgIpc) is 2.78. The van der Waals surface area contributed by atoms with E-state index in [4.69, 9.17) is 4.74 Å². The number of aromatic nitrogens is 2. The molecule has 0 aliphatic rings. The Morgan fingerprint density at radius 3 is 2.75 bits per heavy atom. The van der Waals surface area contributed by atoms with Crippen LogP contribution in [0.15, 0.2) is 24.3 Å². The molecule has 6 nitrogen and oxygen atoms in total. The van der Waals surface area contributed by atoms with E-state index in [1.807, 2.05) is 6.92 Å². The third-order valence-electron chi connectivity index (χ3n) is 3.56. The molecule has 1 aromatic heterocycles. The lowest BCUT2D eigenvalue weighted by Crippen LogP contribution is -2.17. The normalized spacial score (nSPS) is 11.5. The van der Waals surface area contributed by atoms with Crippen molar-refractivity contribution >= 4 is 15.7 Å². The van der Waals surface area contributed by atoms with Crippen molar-refractivity contribution in [3.63, 3.8) is 0 Å². The van der Waals surface area contributed by atoms with E-state index in [0.717, 1.165) is 6.42 Å². The van der Waals surface area contributed by atoms with Gasteiger partial charge in [0.1, 0.15) is 11.6 Å². The number of aryl methyl sites for hydroxylation is 1. The van der Waals surface area contributed by atoms with Crippen LogP contribution in [0, 0.1) is 19.7 Å². The third kappa shape index (κ3) is 4.70. The summed E-state index contributed by atoms with van der Waals surface area (Å²) in [6.07, 6.45) is 1.41. The molecule has 0 aliphatic heterocycles. The van der Waals surface area contributed by atoms with Crippen molar-refractivity contribution in [3.8, 4) is 5.75 Å². The van der Waals surface area contributed by atoms with Crippen LogP contribution in [-0.2, 0) is 16.8 Å². The van der Waals surface area contributed by atoms with Gasteiger partial charge in [-0.2, -0.15) is 5.10 Å². The monoisotopic (exact) mass is 355 g/mol. The first-order chi connectivity index (χ1) is 11.3. The molecule has 0 spiro atoms. The van der Waals surface area contributed by atoms with E-state index in [1.165, 1.54) is 16.8 Å². The van der Waals surface area contributed by atoms with Gasteiger partial charge in [0.15, 0.2) is 6.73 Å². The summed E-state index contributed by atoms with van der Waals surface area (Å²) in [5.41, 5.74) is 1.67. The Labute approximate surface area is 141 Å². The van der Waals surface area contributed by atoms with Crippen molar-refractivity contribution in [1.29, 1.82) is 0 Å². The second kappa shape index (κ2) is 7.65. The maximum Gasteiger partial charge on any atom is 0.232 e. The fourth-order valence-corrected chi connectivity index (χ4v) is 3.58. The Hall–Kier alpha value is -2.09. The van der Waals surface area contributed by atoms with Gasteiger partial charge in [0.25, 0.3) is 0 Å². The van der Waals surface area contributed by atoms with Gasteiger partial charge in [-0.1, -0.05) is 19.4 Å². The minimum atomic E-state index is -3.39. The largest absolute Gasteiger partial charge is 0.471 e. The standard InChI is InChI=1S/C16H22FN3O3S/c1-4-5-9-24(21,22)19-16-12(2)18-20(13(16)3)11-23-15-8-6-7-14(17)10-15/h6-8,10,19H,4-5,9,11H2,1-3H3. The molecule has 0 bridgehead atoms. The number of unbranched alkanes of at least 4 members (excludes halogenated alkanes) is 1. The van der Waals surface area contributed by atoms with Crippen LogP contribution in [0.2, 0.25) is 0 Å². The summed E-state index contributed by atoms with van der Waals surface area (Å²) >= 11 is 0. The van der Waals surface area contributed by atoms with Gasteiger partial charge in [-0.3, -0.25) is 4.72 Å². The smallest absolute Gasteiger partial charge is 0.232 e. The zero-order valence-corrected chi connectivity index (χ0v) is 14.9. The van der Waals surface area contributed by atoms with Crippen LogP contribution in [0.5, 0.6) is 5.75 Å². The number of anilines is 1. The average molecular weight is 355 g/mol. The zero-order valence-electron chi connectivity index (χ0n) is 14.0. The Morgan fingerprint density at radius 2 is 2.08 bits per heavy atom. The highest BCUT2D eigenvalue weighted by atomic mass is 32.2. The van der Waals surface area contributed by atoms with Crippen LogP contribution in [0.1, 0.15) is 31.2 Å². The molecule has 1 aromatic carbocycles. The number of hydrogen-bond donors (Lipinski definition) is 1. The second-order valence-corrected chi connectivity index (χ2v) is 7.39. The van der Waals surface area contributed by atoms with E-state index >= 15 is 0 Å². The Balaban J connectivity index is 2.11. The highest BCUT2D eigenvalue weighted by molar-refractivity contribution is 7.92. The van der Waals surface area contributed by atoms with Crippen LogP contribution in [0.4, 0.5) is 10.1 Å². The number of ether oxygens (including phenoxy) is 1. The zero-order chi connectivity index (χ0) is 17.7. The molecule has 0 unspecified atom stereocenters. The Morgan fingerprint density at radius 1 is 1.33 bits per heavy atom. The predicted molar refractivity (Wildman–Crippen MR) is 91.0 cm³/mol. The number of sulfonamides is 1. The molecule has 0 amide bonds. The van der Waals surface area contributed by atoms with Crippen molar-refractivity contribution < 1.29 is 17.5 Å². The summed E-state index contributed by atoms with van der Waals surface area (Å²) in [5.74, 6) is 0.0748. The quantitative estimate of drug-likeness (QED) is 0.789. The van der Waals surface area contributed by atoms with Gasteiger partial charge in [-0.05, 0) is 32.4 Å². The van der Waals surface area contributed by atoms with Crippen molar-refractivity contribution in [2.45, 2.75) is 40.3 Å². The highest BCUT2D eigenvalue weighted by Gasteiger charge is 2.17. The number of benzene rings is 1. The summed E-state index contributed by atoms with van der Waals surface area (Å²) < 4.78 is 46.9. The maximum absolute atomic E-state index is 13.1. The summed E-state index contributed by atoms with van der Waals surface area (Å²) in [5, 5.41) is 4.28. The SMILES string of the molecule is CCCCS(=O)(=O)Nc1c(C)nn(COc2cccc(F)c2)c1C. The molecule has 0 aliphatic carbocycles. The first-order valence-corrected chi connectivity index (χ1v) is 9.40. The van der Waals surface area contributed by atoms with Crippen molar-refractivity contribution in [2.24, 2.45) is 0 Å². The van der Waals surface area contributed by atoms with Crippen LogP contribution >= 0.6 is 0 Å². The van der Waals surface area contributed by atoms with E-state index in [0.29, 0.717) is 29.2 Å². The molecule has 132 valence electrons. The summed E-state index contributed by atoms with van der Waals surface area (Å²) in [6, 6.07) is 5.81. The second-order valence-electron chi connectivity index (χ2n) is 5.55. The summed E-state index contributed by atoms with van der Waals surface area (Å²) in [6.45, 7) is 5.48. The molecule has 8 heteroatoms. The van der Waals surface area contributed by atoms with Gasteiger partial charge in [0.05, 0.1) is 22.8 Å². The number of hydrogen-bond acceptors (Lipinski definition) is 4. The molecular formula is C16H22FN3O3S. The summed E-state index contributed by atoms with van der Waals surface area (Å²) in [4.78, 5) is 0. The third-order valence-corrected chi connectivity index (χ3v) is 4.90. The number of rotatable bonds is 8. The molecule has 0 saturated carbocycles. The van der Waals surface area contributed by atoms with Gasteiger partial charge in [0.2, 0.25) is 10.0 Å². The Bertz CT molecular complexity index is 803. The van der Waals surface area contributed by atoms with Gasteiger partial charge in [-0.15, -0.1) is 0 Å². The van der Waals surface area contributed by atoms with Gasteiger partial charge < -0.3 is 4.74 Å². The van der Waals surface area contributed by atoms with E-state index in [-0.39, 0.29) is 18.3 Å². The van der Waals surface area contributed by atoms with Gasteiger partial charge >= 0.3 is 0 Å². The number of nitrogens with zero attached hydrogens (tertiary/aromatic N) is 2. The molecule has 0 atom stereocenters. The molecule has 24 heavy (non-hydrogen) atoms. The number of nitrogens with one attached hydrogen (secondary N) is 1. The minimum Gasteiger partial charge on any atom is -0.471 e. The van der Waals surface area contributed by atoms with Gasteiger partial charge in [0, 0.05) is 6.07 Å². The lowest BCUT2D eigenvalue weighted by molar-refractivity contribution is 0.217. The lowest BCUT2D eigenvalue weighted by atomic mass is 10.3. The fraction of sp³-hybridized carbons (Fsp3) is 0.438. The van der Waals surface area contributed by atoms with E-state index in [1.54, 1.807) is 26.0 Å². The topological polar surface area (TPSA) is 73.2 Å². The minimum absolute atomic E-state index is 0.0623. The molecule has 0 fully saturated rings. The first-order valence-electron chi connectivity index (χ1n) is 7.75. The molecule has 2 rings (SSSR count). The highest BCUT2D eigenvalue weighted by Crippen LogP contribution is 2.22. The van der Waals surface area contributed by atoms with Crippen LogP contribution in [0.25, 0.3) is 0 Å². The van der Waals surface area contributed by atoms with Crippen LogP contribution in [-0.4, -0.2) is 24.0 Å². The molecule has 2 aromatic rings. The first kappa shape index (κ1) is 18.3. The maximum atomic E-state index is 13.1. The molecule has 1 heterocycles. The van der Waals surface area contributed by atoms with E-state index < -0.39 is 10.0 Å². The van der Waals surface area contributed by atoms with Crippen LogP contribution in [0.3, 0.4) is 0 Å². The lowest BCUT2D eigenvalue weighted by Gasteiger charge is -2.10. The Kier molecular flexibility index (Phi) is 5.82. The van der Waals surface area contributed by atoms with E-state index in [2.05, 4.69) is 9.82 Å². The van der Waals surface area contributed by atoms with Crippen molar-refractivity contribution in [2.75, 3.05) is 10.5 Å². The number of halogens is 1. The van der Waals surface area contributed by atoms with Crippen molar-refractivity contribution in [3.05, 3.63) is 41.5 Å². The molecular weight excluding hydrogens is 333 g/mol. The molecule has 0 saturated heterocycles. The van der Waals surface area contributed by atoms with E-state index in [9.17, 15) is 12.8 Å². The fourth-order valence-electron chi connectivity index (χ4n) is 2.20. The predicted octanol–water partition coefficient (Wildman–Crippen LogP) is 3.22. The van der Waals surface area contributed by atoms with Gasteiger partial charge in [-0.25, -0.2) is 17.5 Å². The van der Waals surface area contributed by atoms with Crippen LogP contribution < -0.4 is 9.46 Å². The van der Waals surface area contributed by atoms with Crippen molar-refractivity contribution in [1.82, 2.24) is 9.78 Å². The molecule has 0 radical (unpaired) electrons.